The van der Waals surface area contributed by atoms with E-state index in [1.54, 1.807) is 0 Å². The quantitative estimate of drug-likeness (QED) is 0.265. The van der Waals surface area contributed by atoms with Crippen LogP contribution in [0.5, 0.6) is 0 Å². The molecule has 2 aromatic heterocycles. The lowest BCUT2D eigenvalue weighted by Crippen LogP contribution is -2.16. The molecule has 166 valence electrons. The van der Waals surface area contributed by atoms with E-state index in [9.17, 15) is 0 Å². The number of hydrogen-bond acceptors (Lipinski definition) is 6. The van der Waals surface area contributed by atoms with E-state index in [4.69, 9.17) is 26.3 Å². The molecule has 0 spiro atoms. The summed E-state index contributed by atoms with van der Waals surface area (Å²) in [7, 11) is 1.53. The van der Waals surface area contributed by atoms with Gasteiger partial charge in [-0.15, -0.1) is 0 Å². The van der Waals surface area contributed by atoms with Gasteiger partial charge in [0.1, 0.15) is 25.1 Å². The van der Waals surface area contributed by atoms with Crippen LogP contribution in [0, 0.1) is 6.92 Å². The van der Waals surface area contributed by atoms with E-state index in [1.165, 1.54) is 18.2 Å². The summed E-state index contributed by atoms with van der Waals surface area (Å²) in [6, 6.07) is 11.8. The summed E-state index contributed by atoms with van der Waals surface area (Å²) in [5, 5.41) is 10.3. The zero-order chi connectivity index (χ0) is 22.5. The van der Waals surface area contributed by atoms with Gasteiger partial charge in [-0.25, -0.2) is 4.98 Å². The van der Waals surface area contributed by atoms with Crippen LogP contribution in [-0.4, -0.2) is 35.1 Å². The molecule has 1 aromatic carbocycles. The molecule has 0 bridgehead atoms. The molecule has 0 fully saturated rings. The van der Waals surface area contributed by atoms with Crippen molar-refractivity contribution in [2.45, 2.75) is 46.0 Å². The Morgan fingerprint density at radius 3 is 2.88 bits per heavy atom. The van der Waals surface area contributed by atoms with Crippen LogP contribution in [0.25, 0.3) is 10.9 Å². The van der Waals surface area contributed by atoms with Crippen molar-refractivity contribution in [2.75, 3.05) is 13.7 Å². The van der Waals surface area contributed by atoms with Gasteiger partial charge in [-0.2, -0.15) is 0 Å². The monoisotopic (exact) mass is 450 g/mol. The van der Waals surface area contributed by atoms with Crippen molar-refractivity contribution < 1.29 is 9.68 Å². The number of oxime groups is 2. The zero-order valence-electron chi connectivity index (χ0n) is 18.7. The Morgan fingerprint density at radius 1 is 1.16 bits per heavy atom. The van der Waals surface area contributed by atoms with E-state index in [1.807, 2.05) is 43.3 Å². The first kappa shape index (κ1) is 22.2. The Kier molecular flexibility index (Phi) is 7.00. The largest absolute Gasteiger partial charge is 0.399 e. The van der Waals surface area contributed by atoms with Crippen molar-refractivity contribution in [3.63, 3.8) is 0 Å². The van der Waals surface area contributed by atoms with E-state index in [2.05, 4.69) is 22.2 Å². The van der Waals surface area contributed by atoms with Gasteiger partial charge in [-0.1, -0.05) is 28.0 Å². The third-order valence-corrected chi connectivity index (χ3v) is 5.93. The average molecular weight is 451 g/mol. The van der Waals surface area contributed by atoms with Crippen molar-refractivity contribution in [1.82, 2.24) is 9.97 Å². The molecule has 6 nitrogen and oxygen atoms in total. The summed E-state index contributed by atoms with van der Waals surface area (Å²) < 4.78 is 0. The molecule has 0 unspecified atom stereocenters. The van der Waals surface area contributed by atoms with Crippen molar-refractivity contribution in [1.29, 1.82) is 0 Å². The summed E-state index contributed by atoms with van der Waals surface area (Å²) in [4.78, 5) is 20.0. The maximum Gasteiger partial charge on any atom is 0.117 e. The fraction of sp³-hybridized carbons (Fsp3) is 0.360. The molecule has 7 heteroatoms. The van der Waals surface area contributed by atoms with Crippen LogP contribution in [0.15, 0.2) is 46.7 Å². The summed E-state index contributed by atoms with van der Waals surface area (Å²) in [5.74, 6) is 0. The Balaban J connectivity index is 1.42. The number of rotatable bonds is 7. The van der Waals surface area contributed by atoms with E-state index in [0.29, 0.717) is 6.61 Å². The van der Waals surface area contributed by atoms with Crippen LogP contribution in [0.2, 0.25) is 5.02 Å². The molecule has 32 heavy (non-hydrogen) atoms. The minimum absolute atomic E-state index is 0.526. The molecular formula is C25H27ClN4O2. The van der Waals surface area contributed by atoms with Gasteiger partial charge in [0.25, 0.3) is 0 Å². The second-order valence-electron chi connectivity index (χ2n) is 7.93. The van der Waals surface area contributed by atoms with Crippen molar-refractivity contribution in [3.8, 4) is 0 Å². The molecule has 3 aromatic rings. The third kappa shape index (κ3) is 4.91. The molecular weight excluding hydrogens is 424 g/mol. The van der Waals surface area contributed by atoms with Gasteiger partial charge in [-0.3, -0.25) is 4.98 Å². The summed E-state index contributed by atoms with van der Waals surface area (Å²) in [5.41, 5.74) is 7.89. The number of nitrogens with zero attached hydrogens (tertiary/aromatic N) is 4. The highest BCUT2D eigenvalue weighted by Crippen LogP contribution is 2.30. The second-order valence-corrected chi connectivity index (χ2v) is 8.36. The fourth-order valence-corrected chi connectivity index (χ4v) is 4.24. The predicted octanol–water partition coefficient (Wildman–Crippen LogP) is 5.65. The number of aryl methyl sites for hydroxylation is 2. The van der Waals surface area contributed by atoms with Crippen LogP contribution >= 0.6 is 11.6 Å². The maximum atomic E-state index is 6.20. The topological polar surface area (TPSA) is 69.0 Å². The molecule has 0 N–H and O–H groups in total. The van der Waals surface area contributed by atoms with Gasteiger partial charge in [0.15, 0.2) is 0 Å². The van der Waals surface area contributed by atoms with Gasteiger partial charge in [0.2, 0.25) is 0 Å². The highest BCUT2D eigenvalue weighted by Gasteiger charge is 2.21. The molecule has 0 saturated heterocycles. The highest BCUT2D eigenvalue weighted by atomic mass is 35.5. The third-order valence-electron chi connectivity index (χ3n) is 5.70. The lowest BCUT2D eigenvalue weighted by Gasteiger charge is -2.20. The van der Waals surface area contributed by atoms with E-state index < -0.39 is 0 Å². The van der Waals surface area contributed by atoms with E-state index >= 15 is 0 Å². The second kappa shape index (κ2) is 10.1. The molecule has 2 heterocycles. The first-order valence-electron chi connectivity index (χ1n) is 10.9. The SMILES string of the molecule is CO/N=C(\C)c1cccc(CCCO/N=C2\CCCc3c2nc2ccc(Cl)cc2c3C)n1. The summed E-state index contributed by atoms with van der Waals surface area (Å²) in [6.45, 7) is 4.55. The van der Waals surface area contributed by atoms with E-state index in [-0.39, 0.29) is 0 Å². The Labute approximate surface area is 193 Å². The van der Waals surface area contributed by atoms with Crippen molar-refractivity contribution in [3.05, 3.63) is 69.6 Å². The summed E-state index contributed by atoms with van der Waals surface area (Å²) in [6.07, 6.45) is 4.55. The number of hydrogen-bond donors (Lipinski definition) is 0. The van der Waals surface area contributed by atoms with Gasteiger partial charge < -0.3 is 9.68 Å². The molecule has 0 radical (unpaired) electrons. The van der Waals surface area contributed by atoms with Crippen molar-refractivity contribution >= 4 is 33.9 Å². The van der Waals surface area contributed by atoms with Gasteiger partial charge in [-0.05, 0) is 87.4 Å². The highest BCUT2D eigenvalue weighted by molar-refractivity contribution is 6.31. The van der Waals surface area contributed by atoms with Crippen LogP contribution in [-0.2, 0) is 22.5 Å². The standard InChI is InChI=1S/C25H27ClN4O2/c1-16-20-9-5-11-24(25(20)28-23-13-12-18(26)15-21(16)23)30-32-14-6-8-19-7-4-10-22(27-19)17(2)29-31-3/h4,7,10,12-13,15H,5-6,8-9,11,14H2,1-3H3/b29-17+,30-24+. The van der Waals surface area contributed by atoms with Crippen LogP contribution in [0.3, 0.4) is 0 Å². The van der Waals surface area contributed by atoms with Crippen LogP contribution in [0.1, 0.15) is 54.4 Å². The number of fused-ring (bicyclic) bond motifs is 2. The first-order chi connectivity index (χ1) is 15.6. The van der Waals surface area contributed by atoms with Gasteiger partial charge in [0, 0.05) is 16.1 Å². The first-order valence-corrected chi connectivity index (χ1v) is 11.3. The van der Waals surface area contributed by atoms with Gasteiger partial charge >= 0.3 is 0 Å². The Hall–Kier alpha value is -2.99. The Morgan fingerprint density at radius 2 is 2.03 bits per heavy atom. The molecule has 0 saturated carbocycles. The Bertz CT molecular complexity index is 1190. The van der Waals surface area contributed by atoms with Crippen LogP contribution in [0.4, 0.5) is 0 Å². The fourth-order valence-electron chi connectivity index (χ4n) is 4.06. The minimum atomic E-state index is 0.526. The molecule has 0 amide bonds. The van der Waals surface area contributed by atoms with Crippen LogP contribution < -0.4 is 0 Å². The molecule has 1 aliphatic carbocycles. The minimum Gasteiger partial charge on any atom is -0.399 e. The lowest BCUT2D eigenvalue weighted by atomic mass is 9.89. The zero-order valence-corrected chi connectivity index (χ0v) is 19.4. The number of pyridine rings is 2. The molecule has 0 atom stereocenters. The number of aromatic nitrogens is 2. The summed E-state index contributed by atoms with van der Waals surface area (Å²) >= 11 is 6.20. The molecule has 1 aliphatic rings. The number of halogens is 1. The van der Waals surface area contributed by atoms with Crippen molar-refractivity contribution in [2.24, 2.45) is 10.3 Å². The smallest absolute Gasteiger partial charge is 0.117 e. The average Bonchev–Trinajstić information content (AvgIpc) is 2.80. The molecule has 4 rings (SSSR count). The normalized spacial score (nSPS) is 15.1. The predicted molar refractivity (Wildman–Crippen MR) is 129 cm³/mol. The maximum absolute atomic E-state index is 6.20. The molecule has 0 aliphatic heterocycles. The van der Waals surface area contributed by atoms with E-state index in [0.717, 1.165) is 76.5 Å². The lowest BCUT2D eigenvalue weighted by molar-refractivity contribution is 0.141. The van der Waals surface area contributed by atoms with Gasteiger partial charge in [0.05, 0.1) is 16.9 Å². The number of benzene rings is 1.